The van der Waals surface area contributed by atoms with Crippen molar-refractivity contribution in [3.05, 3.63) is 20.7 Å². The molecule has 0 saturated carbocycles. The number of nitrogens with two attached hydrogens (primary N) is 1. The van der Waals surface area contributed by atoms with E-state index in [-0.39, 0.29) is 4.87 Å². The molecule has 1 atom stereocenters. The summed E-state index contributed by atoms with van der Waals surface area (Å²) in [7, 11) is 0. The van der Waals surface area contributed by atoms with Crippen LogP contribution in [0.2, 0.25) is 0 Å². The van der Waals surface area contributed by atoms with E-state index in [1.54, 1.807) is 0 Å². The lowest BCUT2D eigenvalue weighted by Crippen LogP contribution is -2.26. The zero-order chi connectivity index (χ0) is 9.26. The molecule has 1 aliphatic rings. The lowest BCUT2D eigenvalue weighted by molar-refractivity contribution is 0.323. The quantitative estimate of drug-likeness (QED) is 0.703. The van der Waals surface area contributed by atoms with E-state index in [9.17, 15) is 4.79 Å². The third kappa shape index (κ3) is 2.18. The fourth-order valence-corrected chi connectivity index (χ4v) is 2.21. The van der Waals surface area contributed by atoms with Gasteiger partial charge in [0.15, 0.2) is 0 Å². The van der Waals surface area contributed by atoms with Crippen LogP contribution in [0.5, 0.6) is 0 Å². The number of hydrogen-bond acceptors (Lipinski definition) is 4. The largest absolute Gasteiger partial charge is 0.326 e. The fourth-order valence-electron chi connectivity index (χ4n) is 1.64. The minimum absolute atomic E-state index is 0.0264. The minimum Gasteiger partial charge on any atom is -0.326 e. The Labute approximate surface area is 80.4 Å². The van der Waals surface area contributed by atoms with Crippen molar-refractivity contribution in [2.75, 3.05) is 13.1 Å². The first-order chi connectivity index (χ1) is 6.24. The molecule has 1 aliphatic heterocycles. The lowest BCUT2D eigenvalue weighted by atomic mass is 10.3. The van der Waals surface area contributed by atoms with Gasteiger partial charge < -0.3 is 10.7 Å². The molecule has 72 valence electrons. The van der Waals surface area contributed by atoms with Gasteiger partial charge in [0.25, 0.3) is 0 Å². The number of thiazole rings is 1. The molecule has 4 nitrogen and oxygen atoms in total. The number of H-pyrrole nitrogens is 1. The number of aromatic amines is 1. The zero-order valence-corrected chi connectivity index (χ0v) is 8.14. The second kappa shape index (κ2) is 3.61. The second-order valence-corrected chi connectivity index (χ2v) is 4.30. The number of hydrogen-bond donors (Lipinski definition) is 2. The van der Waals surface area contributed by atoms with Crippen molar-refractivity contribution in [1.29, 1.82) is 0 Å². The predicted octanol–water partition coefficient (Wildman–Crippen LogP) is -0.0306. The van der Waals surface area contributed by atoms with Crippen molar-refractivity contribution in [3.8, 4) is 0 Å². The van der Waals surface area contributed by atoms with Crippen LogP contribution in [0.3, 0.4) is 0 Å². The molecule has 0 aliphatic carbocycles. The third-order valence-electron chi connectivity index (χ3n) is 2.27. The summed E-state index contributed by atoms with van der Waals surface area (Å²) in [5.74, 6) is 0. The average Bonchev–Trinajstić information content (AvgIpc) is 2.62. The van der Waals surface area contributed by atoms with Crippen molar-refractivity contribution in [2.24, 2.45) is 5.73 Å². The van der Waals surface area contributed by atoms with Crippen LogP contribution >= 0.6 is 11.3 Å². The summed E-state index contributed by atoms with van der Waals surface area (Å²) in [6.45, 7) is 2.81. The van der Waals surface area contributed by atoms with E-state index in [0.717, 1.165) is 31.7 Å². The molecule has 1 aromatic heterocycles. The lowest BCUT2D eigenvalue weighted by Gasteiger charge is -2.12. The van der Waals surface area contributed by atoms with Crippen LogP contribution in [-0.4, -0.2) is 29.0 Å². The van der Waals surface area contributed by atoms with Crippen LogP contribution in [0.1, 0.15) is 12.1 Å². The van der Waals surface area contributed by atoms with Gasteiger partial charge in [0.2, 0.25) is 0 Å². The molecule has 0 radical (unpaired) electrons. The highest BCUT2D eigenvalue weighted by Crippen LogP contribution is 2.10. The fraction of sp³-hybridized carbons (Fsp3) is 0.625. The van der Waals surface area contributed by atoms with Crippen molar-refractivity contribution < 1.29 is 0 Å². The molecule has 1 aromatic rings. The van der Waals surface area contributed by atoms with Gasteiger partial charge in [-0.1, -0.05) is 11.3 Å². The Kier molecular flexibility index (Phi) is 2.48. The molecule has 0 aromatic carbocycles. The third-order valence-corrected chi connectivity index (χ3v) is 2.99. The summed E-state index contributed by atoms with van der Waals surface area (Å²) >= 11 is 1.22. The summed E-state index contributed by atoms with van der Waals surface area (Å²) in [5.41, 5.74) is 6.78. The Hall–Kier alpha value is -0.650. The summed E-state index contributed by atoms with van der Waals surface area (Å²) in [6.07, 6.45) is 1.06. The molecule has 1 saturated heterocycles. The topological polar surface area (TPSA) is 62.1 Å². The standard InChI is InChI=1S/C8H13N3OS/c9-6-1-2-11(3-6)4-7-5-13-8(12)10-7/h5-6H,1-4,9H2,(H,10,12). The van der Waals surface area contributed by atoms with Gasteiger partial charge in [-0.25, -0.2) is 0 Å². The summed E-state index contributed by atoms with van der Waals surface area (Å²) < 4.78 is 0. The smallest absolute Gasteiger partial charge is 0.304 e. The van der Waals surface area contributed by atoms with E-state index >= 15 is 0 Å². The molecule has 1 unspecified atom stereocenters. The first-order valence-electron chi connectivity index (χ1n) is 4.38. The molecule has 2 heterocycles. The zero-order valence-electron chi connectivity index (χ0n) is 7.32. The average molecular weight is 199 g/mol. The maximum absolute atomic E-state index is 10.8. The Bertz CT molecular complexity index is 332. The van der Waals surface area contributed by atoms with E-state index in [2.05, 4.69) is 9.88 Å². The Morgan fingerprint density at radius 2 is 2.62 bits per heavy atom. The van der Waals surface area contributed by atoms with Crippen molar-refractivity contribution in [3.63, 3.8) is 0 Å². The highest BCUT2D eigenvalue weighted by Gasteiger charge is 2.19. The summed E-state index contributed by atoms with van der Waals surface area (Å²) in [4.78, 5) is 15.9. The molecule has 1 fully saturated rings. The molecule has 0 spiro atoms. The molecule has 2 rings (SSSR count). The van der Waals surface area contributed by atoms with Crippen molar-refractivity contribution >= 4 is 11.3 Å². The van der Waals surface area contributed by atoms with Gasteiger partial charge >= 0.3 is 4.87 Å². The first-order valence-corrected chi connectivity index (χ1v) is 5.26. The van der Waals surface area contributed by atoms with Crippen LogP contribution in [0, 0.1) is 0 Å². The molecular formula is C8H13N3OS. The van der Waals surface area contributed by atoms with E-state index in [1.807, 2.05) is 5.38 Å². The summed E-state index contributed by atoms with van der Waals surface area (Å²) in [6, 6.07) is 0.311. The van der Waals surface area contributed by atoms with E-state index < -0.39 is 0 Å². The molecule has 0 bridgehead atoms. The molecule has 3 N–H and O–H groups in total. The van der Waals surface area contributed by atoms with E-state index in [0.29, 0.717) is 6.04 Å². The number of likely N-dealkylation sites (tertiary alicyclic amines) is 1. The van der Waals surface area contributed by atoms with Crippen LogP contribution < -0.4 is 10.6 Å². The number of rotatable bonds is 2. The number of nitrogens with zero attached hydrogens (tertiary/aromatic N) is 1. The van der Waals surface area contributed by atoms with Gasteiger partial charge in [0.05, 0.1) is 0 Å². The van der Waals surface area contributed by atoms with E-state index in [4.69, 9.17) is 5.73 Å². The Morgan fingerprint density at radius 3 is 3.15 bits per heavy atom. The normalized spacial score (nSPS) is 23.9. The monoisotopic (exact) mass is 199 g/mol. The highest BCUT2D eigenvalue weighted by molar-refractivity contribution is 7.07. The molecular weight excluding hydrogens is 186 g/mol. The number of aromatic nitrogens is 1. The summed E-state index contributed by atoms with van der Waals surface area (Å²) in [5, 5.41) is 1.88. The number of nitrogens with one attached hydrogen (secondary N) is 1. The minimum atomic E-state index is 0.0264. The van der Waals surface area contributed by atoms with Crippen molar-refractivity contribution in [1.82, 2.24) is 9.88 Å². The maximum atomic E-state index is 10.8. The van der Waals surface area contributed by atoms with E-state index in [1.165, 1.54) is 11.3 Å². The second-order valence-electron chi connectivity index (χ2n) is 3.46. The van der Waals surface area contributed by atoms with Gasteiger partial charge in [-0.15, -0.1) is 0 Å². The highest BCUT2D eigenvalue weighted by atomic mass is 32.1. The van der Waals surface area contributed by atoms with Gasteiger partial charge in [0.1, 0.15) is 0 Å². The molecule has 13 heavy (non-hydrogen) atoms. The van der Waals surface area contributed by atoms with Gasteiger partial charge in [-0.3, -0.25) is 9.69 Å². The van der Waals surface area contributed by atoms with Crippen LogP contribution in [0.4, 0.5) is 0 Å². The van der Waals surface area contributed by atoms with Crippen LogP contribution in [0.15, 0.2) is 10.2 Å². The van der Waals surface area contributed by atoms with Gasteiger partial charge in [0, 0.05) is 36.8 Å². The Morgan fingerprint density at radius 1 is 1.77 bits per heavy atom. The van der Waals surface area contributed by atoms with Gasteiger partial charge in [-0.2, -0.15) is 0 Å². The first kappa shape index (κ1) is 8.93. The van der Waals surface area contributed by atoms with Crippen molar-refractivity contribution in [2.45, 2.75) is 19.0 Å². The maximum Gasteiger partial charge on any atom is 0.304 e. The molecule has 5 heteroatoms. The van der Waals surface area contributed by atoms with Crippen LogP contribution in [-0.2, 0) is 6.54 Å². The van der Waals surface area contributed by atoms with Crippen LogP contribution in [0.25, 0.3) is 0 Å². The Balaban J connectivity index is 1.95. The molecule has 0 amide bonds. The van der Waals surface area contributed by atoms with Gasteiger partial charge in [-0.05, 0) is 6.42 Å². The predicted molar refractivity (Wildman–Crippen MR) is 52.8 cm³/mol. The SMILES string of the molecule is NC1CCN(Cc2csc(=O)[nH]2)C1.